The maximum absolute atomic E-state index is 9.81. The van der Waals surface area contributed by atoms with Gasteiger partial charge in [-0.1, -0.05) is 51.3 Å². The molecule has 0 amide bonds. The summed E-state index contributed by atoms with van der Waals surface area (Å²) in [6.07, 6.45) is 8.36. The van der Waals surface area contributed by atoms with Crippen molar-refractivity contribution in [1.29, 1.82) is 0 Å². The van der Waals surface area contributed by atoms with Crippen LogP contribution in [0.2, 0.25) is 0 Å². The molecule has 0 aromatic carbocycles. The first kappa shape index (κ1) is 13.1. The normalized spacial score (nSPS) is 29.0. The van der Waals surface area contributed by atoms with Crippen molar-refractivity contribution in [2.45, 2.75) is 46.1 Å². The van der Waals surface area contributed by atoms with E-state index in [4.69, 9.17) is 0 Å². The number of allylic oxidation sites excluding steroid dienone is 3. The van der Waals surface area contributed by atoms with Crippen LogP contribution in [0.5, 0.6) is 0 Å². The zero-order valence-electron chi connectivity index (χ0n) is 10.6. The Morgan fingerprint density at radius 1 is 1.50 bits per heavy atom. The molecule has 1 nitrogen and oxygen atoms in total. The molecule has 0 fully saturated rings. The average molecular weight is 218 g/mol. The van der Waals surface area contributed by atoms with Gasteiger partial charge in [0, 0.05) is 0 Å². The fourth-order valence-electron chi connectivity index (χ4n) is 2.67. The Morgan fingerprint density at radius 3 is 2.75 bits per heavy atom. The molecule has 2 atom stereocenters. The van der Waals surface area contributed by atoms with Gasteiger partial charge in [-0.15, -0.1) is 0 Å². The zero-order valence-corrected chi connectivity index (χ0v) is 10.6. The highest BCUT2D eigenvalue weighted by atomic mass is 16.3. The molecule has 1 N–H and O–H groups in total. The number of hydrogen-bond donors (Lipinski definition) is 1. The Hall–Kier alpha value is -1.00. The summed E-state index contributed by atoms with van der Waals surface area (Å²) in [4.78, 5) is 0. The van der Waals surface area contributed by atoms with Crippen LogP contribution in [0.4, 0.5) is 0 Å². The second kappa shape index (κ2) is 4.89. The predicted molar refractivity (Wildman–Crippen MR) is 68.9 cm³/mol. The van der Waals surface area contributed by atoms with Crippen molar-refractivity contribution in [3.05, 3.63) is 24.8 Å². The highest BCUT2D eigenvalue weighted by molar-refractivity contribution is 5.17. The fourth-order valence-corrected chi connectivity index (χ4v) is 2.67. The third-order valence-electron chi connectivity index (χ3n) is 3.08. The van der Waals surface area contributed by atoms with E-state index in [0.29, 0.717) is 11.8 Å². The molecule has 0 heterocycles. The highest BCUT2D eigenvalue weighted by Crippen LogP contribution is 2.44. The lowest BCUT2D eigenvalue weighted by atomic mass is 9.66. The van der Waals surface area contributed by atoms with Crippen molar-refractivity contribution in [1.82, 2.24) is 0 Å². The van der Waals surface area contributed by atoms with Crippen molar-refractivity contribution < 1.29 is 5.11 Å². The minimum atomic E-state index is -0.554. The van der Waals surface area contributed by atoms with Gasteiger partial charge in [0.15, 0.2) is 0 Å². The van der Waals surface area contributed by atoms with E-state index in [1.165, 1.54) is 6.08 Å². The summed E-state index contributed by atoms with van der Waals surface area (Å²) >= 11 is 0. The fraction of sp³-hybridized carbons (Fsp3) is 0.600. The monoisotopic (exact) mass is 218 g/mol. The molecule has 16 heavy (non-hydrogen) atoms. The number of rotatable bonds is 2. The minimum absolute atomic E-state index is 0.0665. The van der Waals surface area contributed by atoms with Crippen molar-refractivity contribution in [3.63, 3.8) is 0 Å². The average Bonchev–Trinajstić information content (AvgIpc) is 2.11. The maximum Gasteiger partial charge on any atom is 0.115 e. The highest BCUT2D eigenvalue weighted by Gasteiger charge is 2.34. The van der Waals surface area contributed by atoms with Crippen molar-refractivity contribution in [2.24, 2.45) is 10.8 Å². The Labute approximate surface area is 99.3 Å². The van der Waals surface area contributed by atoms with Crippen LogP contribution in [-0.4, -0.2) is 11.2 Å². The molecule has 0 aromatic rings. The second-order valence-corrected chi connectivity index (χ2v) is 5.81. The molecule has 0 radical (unpaired) electrons. The van der Waals surface area contributed by atoms with Gasteiger partial charge in [0.1, 0.15) is 6.10 Å². The van der Waals surface area contributed by atoms with E-state index in [1.54, 1.807) is 0 Å². The first-order valence-electron chi connectivity index (χ1n) is 5.85. The summed E-state index contributed by atoms with van der Waals surface area (Å²) in [5.74, 6) is 5.50. The largest absolute Gasteiger partial charge is 0.380 e. The van der Waals surface area contributed by atoms with Gasteiger partial charge in [0.05, 0.1) is 0 Å². The lowest BCUT2D eigenvalue weighted by Gasteiger charge is -2.39. The van der Waals surface area contributed by atoms with Gasteiger partial charge < -0.3 is 5.11 Å². The third kappa shape index (κ3) is 3.87. The van der Waals surface area contributed by atoms with E-state index < -0.39 is 6.10 Å². The van der Waals surface area contributed by atoms with Crippen LogP contribution in [-0.2, 0) is 0 Å². The summed E-state index contributed by atoms with van der Waals surface area (Å²) in [5.41, 5.74) is 0.395. The Kier molecular flexibility index (Phi) is 3.99. The minimum Gasteiger partial charge on any atom is -0.380 e. The summed E-state index contributed by atoms with van der Waals surface area (Å²) < 4.78 is 0. The van der Waals surface area contributed by atoms with E-state index in [-0.39, 0.29) is 5.41 Å². The quantitative estimate of drug-likeness (QED) is 0.557. The van der Waals surface area contributed by atoms with E-state index in [0.717, 1.165) is 12.8 Å². The molecule has 88 valence electrons. The Bertz CT molecular complexity index is 340. The molecule has 1 rings (SSSR count). The number of aliphatic hydroxyl groups excluding tert-OH is 1. The van der Waals surface area contributed by atoms with Crippen LogP contribution < -0.4 is 0 Å². The first-order chi connectivity index (χ1) is 7.37. The number of aliphatic hydroxyl groups is 1. The second-order valence-electron chi connectivity index (χ2n) is 5.81. The van der Waals surface area contributed by atoms with Crippen LogP contribution in [0, 0.1) is 22.7 Å². The smallest absolute Gasteiger partial charge is 0.115 e. The molecule has 0 saturated carbocycles. The Morgan fingerprint density at radius 2 is 2.19 bits per heavy atom. The molecule has 0 aromatic heterocycles. The third-order valence-corrected chi connectivity index (χ3v) is 3.08. The summed E-state index contributed by atoms with van der Waals surface area (Å²) in [6, 6.07) is 0. The van der Waals surface area contributed by atoms with Gasteiger partial charge in [-0.3, -0.25) is 0 Å². The zero-order chi connectivity index (χ0) is 12.2. The summed E-state index contributed by atoms with van der Waals surface area (Å²) in [5, 5.41) is 9.81. The van der Waals surface area contributed by atoms with Gasteiger partial charge in [0.25, 0.3) is 0 Å². The van der Waals surface area contributed by atoms with Crippen molar-refractivity contribution >= 4 is 0 Å². The molecule has 0 saturated heterocycles. The van der Waals surface area contributed by atoms with Gasteiger partial charge >= 0.3 is 0 Å². The van der Waals surface area contributed by atoms with E-state index >= 15 is 0 Å². The standard InChI is InChI=1S/C15H22O/c1-5-6-8-13(16)11-15(4)10-7-9-14(2,3)12-15/h5,7,10,13,16H,1,9,11-12H2,2-4H3. The molecule has 0 bridgehead atoms. The number of hydrogen-bond acceptors (Lipinski definition) is 1. The van der Waals surface area contributed by atoms with E-state index in [2.05, 4.69) is 51.3 Å². The van der Waals surface area contributed by atoms with Gasteiger partial charge in [-0.05, 0) is 36.2 Å². The molecule has 1 aliphatic carbocycles. The Balaban J connectivity index is 2.68. The van der Waals surface area contributed by atoms with Crippen LogP contribution in [0.25, 0.3) is 0 Å². The SMILES string of the molecule is C=CC#CC(O)CC1(C)C=CCC(C)(C)C1. The van der Waals surface area contributed by atoms with Gasteiger partial charge in [0.2, 0.25) is 0 Å². The van der Waals surface area contributed by atoms with Crippen LogP contribution in [0.1, 0.15) is 40.0 Å². The molecule has 0 aliphatic heterocycles. The van der Waals surface area contributed by atoms with Crippen LogP contribution in [0.3, 0.4) is 0 Å². The van der Waals surface area contributed by atoms with Crippen molar-refractivity contribution in [3.8, 4) is 11.8 Å². The topological polar surface area (TPSA) is 20.2 Å². The molecular formula is C15H22O. The predicted octanol–water partition coefficient (Wildman–Crippen LogP) is 3.31. The maximum atomic E-state index is 9.81. The van der Waals surface area contributed by atoms with Gasteiger partial charge in [-0.25, -0.2) is 0 Å². The summed E-state index contributed by atoms with van der Waals surface area (Å²) in [7, 11) is 0. The molecule has 0 spiro atoms. The van der Waals surface area contributed by atoms with Crippen LogP contribution in [0.15, 0.2) is 24.8 Å². The lowest BCUT2D eigenvalue weighted by Crippen LogP contribution is -2.30. The molecule has 1 heteroatoms. The van der Waals surface area contributed by atoms with E-state index in [1.807, 2.05) is 0 Å². The van der Waals surface area contributed by atoms with E-state index in [9.17, 15) is 5.11 Å². The molecule has 1 aliphatic rings. The van der Waals surface area contributed by atoms with Crippen molar-refractivity contribution in [2.75, 3.05) is 0 Å². The first-order valence-corrected chi connectivity index (χ1v) is 5.85. The lowest BCUT2D eigenvalue weighted by molar-refractivity contribution is 0.128. The van der Waals surface area contributed by atoms with Crippen LogP contribution >= 0.6 is 0 Å². The molecule has 2 unspecified atom stereocenters. The summed E-state index contributed by atoms with van der Waals surface area (Å²) in [6.45, 7) is 10.3. The van der Waals surface area contributed by atoms with Gasteiger partial charge in [-0.2, -0.15) is 0 Å². The molecular weight excluding hydrogens is 196 g/mol.